The molecule has 1 aromatic heterocycles. The number of ether oxygens (including phenoxy) is 2. The van der Waals surface area contributed by atoms with Gasteiger partial charge in [-0.15, -0.1) is 0 Å². The minimum Gasteiger partial charge on any atom is -0.476 e. The Hall–Kier alpha value is -2.63. The van der Waals surface area contributed by atoms with Crippen molar-refractivity contribution in [2.75, 3.05) is 18.5 Å². The van der Waals surface area contributed by atoms with E-state index in [0.29, 0.717) is 24.8 Å². The highest BCUT2D eigenvalue weighted by Crippen LogP contribution is 2.23. The summed E-state index contributed by atoms with van der Waals surface area (Å²) in [5, 5.41) is 2.79. The van der Waals surface area contributed by atoms with Crippen LogP contribution in [0.25, 0.3) is 0 Å². The highest BCUT2D eigenvalue weighted by Gasteiger charge is 2.12. The van der Waals surface area contributed by atoms with E-state index in [1.165, 1.54) is 6.20 Å². The number of rotatable bonds is 7. The molecule has 0 aliphatic rings. The van der Waals surface area contributed by atoms with Gasteiger partial charge in [-0.3, -0.25) is 4.79 Å². The second-order valence-electron chi connectivity index (χ2n) is 4.95. The zero-order chi connectivity index (χ0) is 16.7. The first-order chi connectivity index (χ1) is 11.1. The van der Waals surface area contributed by atoms with Crippen molar-refractivity contribution in [1.82, 2.24) is 9.97 Å². The normalized spacial score (nSPS) is 10.2. The van der Waals surface area contributed by atoms with Gasteiger partial charge in [-0.25, -0.2) is 4.98 Å². The average Bonchev–Trinajstić information content (AvgIpc) is 2.50. The molecule has 2 aromatic rings. The molecule has 6 heteroatoms. The van der Waals surface area contributed by atoms with Crippen molar-refractivity contribution in [2.45, 2.75) is 27.2 Å². The number of benzene rings is 1. The molecule has 0 unspecified atom stereocenters. The molecule has 0 bridgehead atoms. The SMILES string of the molecule is CCOc1ncc(NC(=O)Cc2cccc(C)c2)c(OCC)n1. The maximum absolute atomic E-state index is 12.2. The number of hydrogen-bond donors (Lipinski definition) is 1. The molecule has 2 rings (SSSR count). The highest BCUT2D eigenvalue weighted by molar-refractivity contribution is 5.93. The Morgan fingerprint density at radius 3 is 2.70 bits per heavy atom. The van der Waals surface area contributed by atoms with Gasteiger partial charge in [0.15, 0.2) is 0 Å². The number of carbonyl (C=O) groups is 1. The molecular formula is C17H21N3O3. The Bertz CT molecular complexity index is 674. The molecule has 23 heavy (non-hydrogen) atoms. The van der Waals surface area contributed by atoms with E-state index in [1.54, 1.807) is 0 Å². The summed E-state index contributed by atoms with van der Waals surface area (Å²) in [4.78, 5) is 20.4. The van der Waals surface area contributed by atoms with Crippen LogP contribution in [-0.4, -0.2) is 29.1 Å². The average molecular weight is 315 g/mol. The first-order valence-corrected chi connectivity index (χ1v) is 7.60. The summed E-state index contributed by atoms with van der Waals surface area (Å²) in [5.41, 5.74) is 2.51. The summed E-state index contributed by atoms with van der Waals surface area (Å²) in [7, 11) is 0. The van der Waals surface area contributed by atoms with Gasteiger partial charge in [-0.1, -0.05) is 29.8 Å². The van der Waals surface area contributed by atoms with Gasteiger partial charge in [0, 0.05) is 0 Å². The van der Waals surface area contributed by atoms with E-state index in [-0.39, 0.29) is 18.3 Å². The maximum Gasteiger partial charge on any atom is 0.319 e. The lowest BCUT2D eigenvalue weighted by Gasteiger charge is -2.11. The molecule has 0 atom stereocenters. The lowest BCUT2D eigenvalue weighted by Crippen LogP contribution is -2.16. The Kier molecular flexibility index (Phi) is 5.91. The van der Waals surface area contributed by atoms with Crippen LogP contribution in [0.3, 0.4) is 0 Å². The topological polar surface area (TPSA) is 73.3 Å². The third-order valence-electron chi connectivity index (χ3n) is 3.01. The second kappa shape index (κ2) is 8.12. The quantitative estimate of drug-likeness (QED) is 0.850. The number of aryl methyl sites for hydroxylation is 1. The van der Waals surface area contributed by atoms with E-state index < -0.39 is 0 Å². The van der Waals surface area contributed by atoms with Gasteiger partial charge in [-0.2, -0.15) is 4.98 Å². The minimum absolute atomic E-state index is 0.149. The number of amides is 1. The summed E-state index contributed by atoms with van der Waals surface area (Å²) >= 11 is 0. The molecule has 0 aliphatic carbocycles. The summed E-state index contributed by atoms with van der Waals surface area (Å²) in [5.74, 6) is 0.160. The molecule has 0 saturated heterocycles. The number of aromatic nitrogens is 2. The molecular weight excluding hydrogens is 294 g/mol. The summed E-state index contributed by atoms with van der Waals surface area (Å²) in [6, 6.07) is 8.06. The van der Waals surface area contributed by atoms with E-state index in [4.69, 9.17) is 9.47 Å². The van der Waals surface area contributed by atoms with E-state index in [1.807, 2.05) is 45.0 Å². The lowest BCUT2D eigenvalue weighted by molar-refractivity contribution is -0.115. The first-order valence-electron chi connectivity index (χ1n) is 7.60. The Morgan fingerprint density at radius 2 is 2.00 bits per heavy atom. The fraction of sp³-hybridized carbons (Fsp3) is 0.353. The predicted octanol–water partition coefficient (Wildman–Crippen LogP) is 2.76. The second-order valence-corrected chi connectivity index (χ2v) is 4.95. The number of carbonyl (C=O) groups excluding carboxylic acids is 1. The largest absolute Gasteiger partial charge is 0.476 e. The molecule has 0 spiro atoms. The van der Waals surface area contributed by atoms with Crippen molar-refractivity contribution >= 4 is 11.6 Å². The van der Waals surface area contributed by atoms with E-state index >= 15 is 0 Å². The van der Waals surface area contributed by atoms with Gasteiger partial charge in [0.25, 0.3) is 0 Å². The van der Waals surface area contributed by atoms with Gasteiger partial charge < -0.3 is 14.8 Å². The molecule has 6 nitrogen and oxygen atoms in total. The van der Waals surface area contributed by atoms with Crippen molar-refractivity contribution in [3.8, 4) is 11.9 Å². The fourth-order valence-electron chi connectivity index (χ4n) is 2.08. The standard InChI is InChI=1S/C17H21N3O3/c1-4-22-16-14(11-18-17(20-16)23-5-2)19-15(21)10-13-8-6-7-12(3)9-13/h6-9,11H,4-5,10H2,1-3H3,(H,19,21). The van der Waals surface area contributed by atoms with Crippen molar-refractivity contribution in [2.24, 2.45) is 0 Å². The van der Waals surface area contributed by atoms with Crippen molar-refractivity contribution < 1.29 is 14.3 Å². The van der Waals surface area contributed by atoms with Crippen LogP contribution in [0.2, 0.25) is 0 Å². The molecule has 122 valence electrons. The summed E-state index contributed by atoms with van der Waals surface area (Å²) in [6.07, 6.45) is 1.78. The van der Waals surface area contributed by atoms with Gasteiger partial charge in [-0.05, 0) is 26.3 Å². The zero-order valence-corrected chi connectivity index (χ0v) is 13.6. The lowest BCUT2D eigenvalue weighted by atomic mass is 10.1. The molecule has 1 N–H and O–H groups in total. The molecule has 0 saturated carbocycles. The number of nitrogens with zero attached hydrogens (tertiary/aromatic N) is 2. The zero-order valence-electron chi connectivity index (χ0n) is 13.6. The Balaban J connectivity index is 2.10. The van der Waals surface area contributed by atoms with Crippen LogP contribution < -0.4 is 14.8 Å². The van der Waals surface area contributed by atoms with Gasteiger partial charge in [0.2, 0.25) is 11.8 Å². The summed E-state index contributed by atoms with van der Waals surface area (Å²) in [6.45, 7) is 6.59. The van der Waals surface area contributed by atoms with Crippen LogP contribution in [0.5, 0.6) is 11.9 Å². The maximum atomic E-state index is 12.2. The van der Waals surface area contributed by atoms with E-state index in [2.05, 4.69) is 15.3 Å². The minimum atomic E-state index is -0.149. The highest BCUT2D eigenvalue weighted by atomic mass is 16.5. The van der Waals surface area contributed by atoms with Gasteiger partial charge in [0.05, 0.1) is 25.8 Å². The molecule has 1 heterocycles. The molecule has 1 amide bonds. The molecule has 0 fully saturated rings. The van der Waals surface area contributed by atoms with Crippen molar-refractivity contribution in [3.63, 3.8) is 0 Å². The number of anilines is 1. The van der Waals surface area contributed by atoms with Gasteiger partial charge in [0.1, 0.15) is 5.69 Å². The molecule has 1 aromatic carbocycles. The number of nitrogens with one attached hydrogen (secondary N) is 1. The number of hydrogen-bond acceptors (Lipinski definition) is 5. The first kappa shape index (κ1) is 16.7. The van der Waals surface area contributed by atoms with E-state index in [9.17, 15) is 4.79 Å². The smallest absolute Gasteiger partial charge is 0.319 e. The van der Waals surface area contributed by atoms with Crippen LogP contribution in [-0.2, 0) is 11.2 Å². The third-order valence-corrected chi connectivity index (χ3v) is 3.01. The molecule has 0 aliphatic heterocycles. The monoisotopic (exact) mass is 315 g/mol. The van der Waals surface area contributed by atoms with Crippen LogP contribution in [0, 0.1) is 6.92 Å². The summed E-state index contributed by atoms with van der Waals surface area (Å²) < 4.78 is 10.7. The fourth-order valence-corrected chi connectivity index (χ4v) is 2.08. The van der Waals surface area contributed by atoms with Crippen LogP contribution in [0.1, 0.15) is 25.0 Å². The van der Waals surface area contributed by atoms with Gasteiger partial charge >= 0.3 is 6.01 Å². The van der Waals surface area contributed by atoms with Crippen molar-refractivity contribution in [3.05, 3.63) is 41.6 Å². The molecule has 0 radical (unpaired) electrons. The predicted molar refractivity (Wildman–Crippen MR) is 87.9 cm³/mol. The Morgan fingerprint density at radius 1 is 1.22 bits per heavy atom. The van der Waals surface area contributed by atoms with E-state index in [0.717, 1.165) is 11.1 Å². The third kappa shape index (κ3) is 4.95. The van der Waals surface area contributed by atoms with Crippen LogP contribution >= 0.6 is 0 Å². The van der Waals surface area contributed by atoms with Crippen LogP contribution in [0.4, 0.5) is 5.69 Å². The van der Waals surface area contributed by atoms with Crippen molar-refractivity contribution in [1.29, 1.82) is 0 Å². The van der Waals surface area contributed by atoms with Crippen LogP contribution in [0.15, 0.2) is 30.5 Å². The Labute approximate surface area is 135 Å².